The average Bonchev–Trinajstić information content (AvgIpc) is 4.14. The molecule has 2 aliphatic rings. The van der Waals surface area contributed by atoms with Gasteiger partial charge in [-0.05, 0) is 109 Å². The summed E-state index contributed by atoms with van der Waals surface area (Å²) in [5.41, 5.74) is 17.4. The van der Waals surface area contributed by atoms with E-state index in [0.717, 1.165) is 101 Å². The maximum atomic E-state index is 5.27. The van der Waals surface area contributed by atoms with Crippen molar-refractivity contribution in [3.05, 3.63) is 194 Å². The SMILES string of the molecule is c1ccc(-n2c3ccccc3n3c4cc(N5B6N(c7ccc8nc9n(-c%10ccccc%10)c%10ccccc%10n9c8c7)c7ccccc7N6c6ccccc65)ccc4nc23)cc1. The van der Waals surface area contributed by atoms with Gasteiger partial charge in [-0.1, -0.05) is 84.9 Å². The second-order valence-corrected chi connectivity index (χ2v) is 15.6. The van der Waals surface area contributed by atoms with Crippen LogP contribution in [0.1, 0.15) is 0 Å². The second-order valence-electron chi connectivity index (χ2n) is 15.6. The van der Waals surface area contributed by atoms with E-state index in [0.29, 0.717) is 0 Å². The van der Waals surface area contributed by atoms with Crippen molar-refractivity contribution >= 4 is 96.9 Å². The third kappa shape index (κ3) is 4.11. The minimum Gasteiger partial charge on any atom is -0.343 e. The molecule has 0 N–H and O–H groups in total. The van der Waals surface area contributed by atoms with Crippen molar-refractivity contribution < 1.29 is 0 Å². The monoisotopic (exact) mass is 769 g/mol. The van der Waals surface area contributed by atoms with E-state index in [4.69, 9.17) is 9.97 Å². The molecular formula is C50H32BN9. The lowest BCUT2D eigenvalue weighted by Crippen LogP contribution is -2.51. The number of anilines is 6. The molecule has 8 aromatic carbocycles. The summed E-state index contributed by atoms with van der Waals surface area (Å²) in [5.74, 6) is 1.78. The van der Waals surface area contributed by atoms with Gasteiger partial charge in [-0.2, -0.15) is 0 Å². The molecule has 4 aromatic heterocycles. The molecule has 0 aliphatic carbocycles. The van der Waals surface area contributed by atoms with E-state index >= 15 is 0 Å². The lowest BCUT2D eigenvalue weighted by Gasteiger charge is -2.31. The molecule has 0 radical (unpaired) electrons. The van der Waals surface area contributed by atoms with Crippen molar-refractivity contribution in [2.75, 3.05) is 14.4 Å². The van der Waals surface area contributed by atoms with Crippen LogP contribution in [0.3, 0.4) is 0 Å². The Bertz CT molecular complexity index is 3470. The molecule has 12 aromatic rings. The lowest BCUT2D eigenvalue weighted by molar-refractivity contribution is 1.11. The van der Waals surface area contributed by atoms with Gasteiger partial charge in [0.2, 0.25) is 11.6 Å². The Morgan fingerprint density at radius 2 is 0.667 bits per heavy atom. The Labute approximate surface area is 343 Å². The highest BCUT2D eigenvalue weighted by Gasteiger charge is 2.53. The van der Waals surface area contributed by atoms with E-state index in [-0.39, 0.29) is 7.12 Å². The van der Waals surface area contributed by atoms with E-state index < -0.39 is 0 Å². The number of nitrogens with zero attached hydrogens (tertiary/aromatic N) is 9. The van der Waals surface area contributed by atoms with Gasteiger partial charge in [-0.3, -0.25) is 17.9 Å². The maximum absolute atomic E-state index is 5.27. The smallest absolute Gasteiger partial charge is 0.343 e. The summed E-state index contributed by atoms with van der Waals surface area (Å²) in [4.78, 5) is 18.0. The zero-order chi connectivity index (χ0) is 39.1. The van der Waals surface area contributed by atoms with Crippen molar-refractivity contribution in [2.24, 2.45) is 0 Å². The molecule has 0 fully saturated rings. The molecule has 280 valence electrons. The summed E-state index contributed by atoms with van der Waals surface area (Å²) >= 11 is 0. The lowest BCUT2D eigenvalue weighted by atomic mass is 9.86. The largest absolute Gasteiger partial charge is 0.519 e. The van der Waals surface area contributed by atoms with Gasteiger partial charge < -0.3 is 14.4 Å². The van der Waals surface area contributed by atoms with E-state index in [1.54, 1.807) is 0 Å². The van der Waals surface area contributed by atoms with Gasteiger partial charge in [0.1, 0.15) is 0 Å². The fourth-order valence-corrected chi connectivity index (χ4v) is 10.0. The Morgan fingerprint density at radius 1 is 0.300 bits per heavy atom. The first-order valence-corrected chi connectivity index (χ1v) is 20.3. The first-order chi connectivity index (χ1) is 29.8. The Balaban J connectivity index is 0.990. The van der Waals surface area contributed by atoms with Crippen LogP contribution >= 0.6 is 0 Å². The van der Waals surface area contributed by atoms with Crippen LogP contribution < -0.4 is 14.4 Å². The van der Waals surface area contributed by atoms with E-state index in [9.17, 15) is 0 Å². The molecule has 60 heavy (non-hydrogen) atoms. The van der Waals surface area contributed by atoms with Crippen molar-refractivity contribution in [2.45, 2.75) is 0 Å². The number of hydrogen-bond donors (Lipinski definition) is 0. The minimum absolute atomic E-state index is 0.224. The highest BCUT2D eigenvalue weighted by atomic mass is 15.4. The normalized spacial score (nSPS) is 13.5. The van der Waals surface area contributed by atoms with Crippen molar-refractivity contribution in [1.29, 1.82) is 0 Å². The predicted molar refractivity (Wildman–Crippen MR) is 244 cm³/mol. The van der Waals surface area contributed by atoms with Gasteiger partial charge in [0.05, 0.1) is 66.9 Å². The standard InChI is InChI=1S/C50H32BN9/c1-3-15-33(16-4-1)54-39-19-7-9-21-41(39)56-47-31-35(27-29-37(47)52-49(54)56)58-43-23-11-13-25-45(43)60-46-26-14-12-24-44(46)59(51(58)60)36-28-30-38-48(32-36)57-42-22-10-8-20-40(42)55(50(57)53-38)34-17-5-2-6-18-34/h1-32H. The highest BCUT2D eigenvalue weighted by Crippen LogP contribution is 2.56. The number of imidazole rings is 4. The van der Waals surface area contributed by atoms with Gasteiger partial charge in [0, 0.05) is 22.7 Å². The van der Waals surface area contributed by atoms with Crippen molar-refractivity contribution in [1.82, 2.24) is 27.9 Å². The molecular weight excluding hydrogens is 737 g/mol. The number of fused-ring (bicyclic) bond motifs is 15. The van der Waals surface area contributed by atoms with Crippen LogP contribution in [0.4, 0.5) is 34.1 Å². The molecule has 0 bridgehead atoms. The Morgan fingerprint density at radius 3 is 1.10 bits per heavy atom. The summed E-state index contributed by atoms with van der Waals surface area (Å²) in [5, 5.41) is 0. The Hall–Kier alpha value is -8.24. The van der Waals surface area contributed by atoms with Crippen LogP contribution in [0.2, 0.25) is 0 Å². The average molecular weight is 770 g/mol. The zero-order valence-corrected chi connectivity index (χ0v) is 32.1. The quantitative estimate of drug-likeness (QED) is 0.167. The number of aromatic nitrogens is 6. The molecule has 0 atom stereocenters. The van der Waals surface area contributed by atoms with Crippen LogP contribution in [0.25, 0.3) is 67.1 Å². The molecule has 9 nitrogen and oxygen atoms in total. The fraction of sp³-hybridized carbons (Fsp3) is 0. The van der Waals surface area contributed by atoms with Gasteiger partial charge in [0.25, 0.3) is 0 Å². The van der Waals surface area contributed by atoms with Gasteiger partial charge >= 0.3 is 7.12 Å². The number of benzene rings is 8. The van der Waals surface area contributed by atoms with Crippen LogP contribution in [0.15, 0.2) is 194 Å². The minimum atomic E-state index is -0.224. The molecule has 14 rings (SSSR count). The topological polar surface area (TPSA) is 54.2 Å². The summed E-state index contributed by atoms with van der Waals surface area (Å²) in [6, 6.07) is 69.2. The molecule has 0 spiro atoms. The molecule has 0 saturated carbocycles. The molecule has 0 amide bonds. The third-order valence-corrected chi connectivity index (χ3v) is 12.4. The number of rotatable bonds is 4. The van der Waals surface area contributed by atoms with Gasteiger partial charge in [-0.15, -0.1) is 0 Å². The van der Waals surface area contributed by atoms with E-state index in [1.807, 2.05) is 0 Å². The van der Waals surface area contributed by atoms with Crippen LogP contribution in [-0.4, -0.2) is 35.0 Å². The summed E-state index contributed by atoms with van der Waals surface area (Å²) < 4.78 is 9.15. The van der Waals surface area contributed by atoms with Gasteiger partial charge in [0.15, 0.2) is 0 Å². The summed E-state index contributed by atoms with van der Waals surface area (Å²) in [6.07, 6.45) is 0. The number of hydrogen-bond acceptors (Lipinski definition) is 5. The first-order valence-electron chi connectivity index (χ1n) is 20.3. The highest BCUT2D eigenvalue weighted by molar-refractivity contribution is 6.80. The van der Waals surface area contributed by atoms with Crippen LogP contribution in [0, 0.1) is 0 Å². The van der Waals surface area contributed by atoms with Crippen LogP contribution in [-0.2, 0) is 0 Å². The number of para-hydroxylation sites is 10. The molecule has 2 aliphatic heterocycles. The second kappa shape index (κ2) is 11.7. The van der Waals surface area contributed by atoms with E-state index in [1.165, 1.54) is 0 Å². The fourth-order valence-electron chi connectivity index (χ4n) is 10.0. The van der Waals surface area contributed by atoms with Crippen molar-refractivity contribution in [3.63, 3.8) is 0 Å². The molecule has 6 heterocycles. The molecule has 10 heteroatoms. The Kier molecular flexibility index (Phi) is 6.19. The first kappa shape index (κ1) is 31.8. The third-order valence-electron chi connectivity index (χ3n) is 12.4. The van der Waals surface area contributed by atoms with Crippen molar-refractivity contribution in [3.8, 4) is 11.4 Å². The zero-order valence-electron chi connectivity index (χ0n) is 32.1. The van der Waals surface area contributed by atoms with Gasteiger partial charge in [-0.25, -0.2) is 9.97 Å². The predicted octanol–water partition coefficient (Wildman–Crippen LogP) is 11.6. The van der Waals surface area contributed by atoms with Crippen LogP contribution in [0.5, 0.6) is 0 Å². The molecule has 0 unspecified atom stereocenters. The summed E-state index contributed by atoms with van der Waals surface area (Å²) in [6.45, 7) is 0. The molecule has 0 saturated heterocycles. The summed E-state index contributed by atoms with van der Waals surface area (Å²) in [7, 11) is -0.224. The van der Waals surface area contributed by atoms with E-state index in [2.05, 4.69) is 226 Å². The maximum Gasteiger partial charge on any atom is 0.519 e.